The molecule has 0 spiro atoms. The van der Waals surface area contributed by atoms with Gasteiger partial charge in [0, 0.05) is 28.9 Å². The molecule has 31 heavy (non-hydrogen) atoms. The van der Waals surface area contributed by atoms with Crippen molar-refractivity contribution >= 4 is 34.8 Å². The summed E-state index contributed by atoms with van der Waals surface area (Å²) < 4.78 is 1.11. The van der Waals surface area contributed by atoms with Crippen LogP contribution in [0.1, 0.15) is 33.6 Å². The maximum absolute atomic E-state index is 12.5. The number of rotatable bonds is 6. The number of aryl methyl sites for hydroxylation is 4. The van der Waals surface area contributed by atoms with Crippen LogP contribution in [0.2, 0.25) is 5.02 Å². The Bertz CT molecular complexity index is 1200. The molecule has 0 atom stereocenters. The Hall–Kier alpha value is -3.45. The van der Waals surface area contributed by atoms with Crippen molar-refractivity contribution in [1.29, 1.82) is 0 Å². The van der Waals surface area contributed by atoms with Gasteiger partial charge in [0.1, 0.15) is 5.69 Å². The molecule has 160 valence electrons. The van der Waals surface area contributed by atoms with Crippen LogP contribution >= 0.6 is 11.6 Å². The van der Waals surface area contributed by atoms with Crippen LogP contribution in [0, 0.1) is 20.8 Å². The second kappa shape index (κ2) is 9.57. The number of hydrogen-bond acceptors (Lipinski definition) is 4. The predicted molar refractivity (Wildman–Crippen MR) is 122 cm³/mol. The largest absolute Gasteiger partial charge is 0.326 e. The maximum Gasteiger partial charge on any atom is 0.276 e. The number of halogens is 1. The van der Waals surface area contributed by atoms with Gasteiger partial charge in [-0.25, -0.2) is 4.68 Å². The van der Waals surface area contributed by atoms with E-state index in [1.807, 2.05) is 39.0 Å². The summed E-state index contributed by atoms with van der Waals surface area (Å²) in [7, 11) is 0. The zero-order chi connectivity index (χ0) is 22.5. The highest BCUT2D eigenvalue weighted by atomic mass is 35.5. The van der Waals surface area contributed by atoms with E-state index in [-0.39, 0.29) is 24.6 Å². The van der Waals surface area contributed by atoms with Crippen molar-refractivity contribution in [2.24, 2.45) is 0 Å². The number of hydrogen-bond donors (Lipinski definition) is 2. The Kier molecular flexibility index (Phi) is 6.87. The first-order chi connectivity index (χ1) is 14.7. The number of amides is 2. The number of aromatic nitrogens is 2. The van der Waals surface area contributed by atoms with E-state index in [1.54, 1.807) is 18.2 Å². The zero-order valence-electron chi connectivity index (χ0n) is 17.5. The van der Waals surface area contributed by atoms with E-state index in [9.17, 15) is 14.4 Å². The van der Waals surface area contributed by atoms with Gasteiger partial charge >= 0.3 is 0 Å². The monoisotopic (exact) mass is 438 g/mol. The predicted octanol–water partition coefficient (Wildman–Crippen LogP) is 4.10. The summed E-state index contributed by atoms with van der Waals surface area (Å²) in [6.45, 7) is 5.85. The lowest BCUT2D eigenvalue weighted by Crippen LogP contribution is -2.28. The summed E-state index contributed by atoms with van der Waals surface area (Å²) in [5.74, 6) is -0.727. The zero-order valence-corrected chi connectivity index (χ0v) is 18.3. The van der Waals surface area contributed by atoms with Crippen molar-refractivity contribution in [3.63, 3.8) is 0 Å². The molecule has 2 aromatic carbocycles. The lowest BCUT2D eigenvalue weighted by atomic mass is 10.1. The van der Waals surface area contributed by atoms with Gasteiger partial charge in [-0.15, -0.1) is 0 Å². The van der Waals surface area contributed by atoms with E-state index in [0.717, 1.165) is 21.4 Å². The van der Waals surface area contributed by atoms with Crippen molar-refractivity contribution in [1.82, 2.24) is 9.78 Å². The normalized spacial score (nSPS) is 10.6. The number of anilines is 2. The molecule has 3 rings (SSSR count). The first-order valence-electron chi connectivity index (χ1n) is 9.76. The summed E-state index contributed by atoms with van der Waals surface area (Å²) in [5.41, 5.74) is 3.99. The smallest absolute Gasteiger partial charge is 0.276 e. The fourth-order valence-corrected chi connectivity index (χ4v) is 3.03. The molecule has 0 saturated carbocycles. The Morgan fingerprint density at radius 2 is 1.58 bits per heavy atom. The third-order valence-electron chi connectivity index (χ3n) is 4.87. The SMILES string of the molecule is Cc1ccc(NC(=O)c2ccc(=O)n(CCC(=O)Nc3ccc(C)c(Cl)c3)n2)cc1C. The molecule has 8 heteroatoms. The van der Waals surface area contributed by atoms with Crippen molar-refractivity contribution in [3.8, 4) is 0 Å². The molecular formula is C23H23ClN4O3. The number of nitrogens with zero attached hydrogens (tertiary/aromatic N) is 2. The summed E-state index contributed by atoms with van der Waals surface area (Å²) in [6.07, 6.45) is 0.0145. The fraction of sp³-hybridized carbons (Fsp3) is 0.217. The minimum Gasteiger partial charge on any atom is -0.326 e. The first-order valence-corrected chi connectivity index (χ1v) is 10.1. The van der Waals surface area contributed by atoms with E-state index in [0.29, 0.717) is 16.4 Å². The van der Waals surface area contributed by atoms with Gasteiger partial charge in [0.15, 0.2) is 0 Å². The van der Waals surface area contributed by atoms with Crippen LogP contribution in [-0.4, -0.2) is 21.6 Å². The Balaban J connectivity index is 1.65. The van der Waals surface area contributed by atoms with Crippen molar-refractivity contribution in [3.05, 3.63) is 86.3 Å². The van der Waals surface area contributed by atoms with E-state index in [1.165, 1.54) is 12.1 Å². The lowest BCUT2D eigenvalue weighted by Gasteiger charge is -2.10. The van der Waals surface area contributed by atoms with E-state index in [4.69, 9.17) is 11.6 Å². The molecule has 2 N–H and O–H groups in total. The van der Waals surface area contributed by atoms with Gasteiger partial charge in [0.05, 0.1) is 6.54 Å². The van der Waals surface area contributed by atoms with Crippen molar-refractivity contribution < 1.29 is 9.59 Å². The van der Waals surface area contributed by atoms with Crippen molar-refractivity contribution in [2.75, 3.05) is 10.6 Å². The number of carbonyl (C=O) groups is 2. The van der Waals surface area contributed by atoms with E-state index >= 15 is 0 Å². The summed E-state index contributed by atoms with van der Waals surface area (Å²) in [4.78, 5) is 36.9. The van der Waals surface area contributed by atoms with Gasteiger partial charge < -0.3 is 10.6 Å². The summed E-state index contributed by atoms with van der Waals surface area (Å²) in [5, 5.41) is 10.2. The van der Waals surface area contributed by atoms with Crippen LogP contribution in [0.4, 0.5) is 11.4 Å². The fourth-order valence-electron chi connectivity index (χ4n) is 2.85. The summed E-state index contributed by atoms with van der Waals surface area (Å²) in [6, 6.07) is 13.4. The Morgan fingerprint density at radius 3 is 2.26 bits per heavy atom. The van der Waals surface area contributed by atoms with Crippen LogP contribution in [0.5, 0.6) is 0 Å². The molecule has 0 bridgehead atoms. The van der Waals surface area contributed by atoms with Gasteiger partial charge in [-0.2, -0.15) is 5.10 Å². The molecular weight excluding hydrogens is 416 g/mol. The molecule has 1 heterocycles. The van der Waals surface area contributed by atoms with Crippen LogP contribution < -0.4 is 16.2 Å². The van der Waals surface area contributed by atoms with Crippen LogP contribution in [0.3, 0.4) is 0 Å². The van der Waals surface area contributed by atoms with Gasteiger partial charge in [0.25, 0.3) is 11.5 Å². The average Bonchev–Trinajstić information content (AvgIpc) is 2.73. The highest BCUT2D eigenvalue weighted by Gasteiger charge is 2.12. The average molecular weight is 439 g/mol. The molecule has 1 aromatic heterocycles. The highest BCUT2D eigenvalue weighted by Crippen LogP contribution is 2.20. The molecule has 7 nitrogen and oxygen atoms in total. The van der Waals surface area contributed by atoms with Gasteiger partial charge in [-0.05, 0) is 67.8 Å². The third-order valence-corrected chi connectivity index (χ3v) is 5.28. The molecule has 2 amide bonds. The minimum absolute atomic E-state index is 0.0145. The molecule has 0 aliphatic heterocycles. The second-order valence-corrected chi connectivity index (χ2v) is 7.70. The lowest BCUT2D eigenvalue weighted by molar-refractivity contribution is -0.116. The summed E-state index contributed by atoms with van der Waals surface area (Å²) >= 11 is 6.07. The molecule has 0 radical (unpaired) electrons. The van der Waals surface area contributed by atoms with Crippen LogP contribution in [0.25, 0.3) is 0 Å². The number of nitrogens with one attached hydrogen (secondary N) is 2. The Labute approximate surface area is 185 Å². The number of benzene rings is 2. The molecule has 3 aromatic rings. The van der Waals surface area contributed by atoms with Crippen LogP contribution in [0.15, 0.2) is 53.3 Å². The third kappa shape index (κ3) is 5.79. The Morgan fingerprint density at radius 1 is 0.903 bits per heavy atom. The van der Waals surface area contributed by atoms with Gasteiger partial charge in [-0.3, -0.25) is 14.4 Å². The molecule has 0 saturated heterocycles. The van der Waals surface area contributed by atoms with E-state index < -0.39 is 11.5 Å². The topological polar surface area (TPSA) is 93.1 Å². The van der Waals surface area contributed by atoms with E-state index in [2.05, 4.69) is 15.7 Å². The highest BCUT2D eigenvalue weighted by molar-refractivity contribution is 6.31. The van der Waals surface area contributed by atoms with Gasteiger partial charge in [0.2, 0.25) is 5.91 Å². The quantitative estimate of drug-likeness (QED) is 0.605. The minimum atomic E-state index is -0.434. The standard InChI is InChI=1S/C23H23ClN4O3/c1-14-4-6-17(12-16(14)3)26-23(31)20-8-9-22(30)28(27-20)11-10-21(29)25-18-7-5-15(2)19(24)13-18/h4-9,12-13H,10-11H2,1-3H3,(H,25,29)(H,26,31). The molecule has 0 aliphatic carbocycles. The van der Waals surface area contributed by atoms with Crippen LogP contribution in [-0.2, 0) is 11.3 Å². The van der Waals surface area contributed by atoms with Crippen molar-refractivity contribution in [2.45, 2.75) is 33.7 Å². The second-order valence-electron chi connectivity index (χ2n) is 7.30. The number of carbonyl (C=O) groups excluding carboxylic acids is 2. The maximum atomic E-state index is 12.5. The first kappa shape index (κ1) is 22.2. The molecule has 0 aliphatic rings. The molecule has 0 fully saturated rings. The van der Waals surface area contributed by atoms with Gasteiger partial charge in [-0.1, -0.05) is 23.7 Å². The molecule has 0 unspecified atom stereocenters.